The molecular formula is C14H17F2N4O13P3. The summed E-state index contributed by atoms with van der Waals surface area (Å²) in [5.74, 6) is -0.0719. The van der Waals surface area contributed by atoms with Gasteiger partial charge in [-0.05, 0) is 6.92 Å². The minimum atomic E-state index is -5.87. The van der Waals surface area contributed by atoms with Crippen molar-refractivity contribution >= 4 is 40.4 Å². The summed E-state index contributed by atoms with van der Waals surface area (Å²) >= 11 is 0. The highest BCUT2D eigenvalue weighted by atomic mass is 31.3. The van der Waals surface area contributed by atoms with Gasteiger partial charge in [-0.3, -0.25) is 18.9 Å². The second kappa shape index (κ2) is 9.37. The van der Waals surface area contributed by atoms with E-state index in [4.69, 9.17) is 26.7 Å². The molecule has 1 aliphatic rings. The van der Waals surface area contributed by atoms with Gasteiger partial charge in [-0.2, -0.15) is 13.6 Å². The Balaban J connectivity index is 1.93. The Morgan fingerprint density at radius 1 is 1.31 bits per heavy atom. The molecule has 0 aliphatic carbocycles. The lowest BCUT2D eigenvalue weighted by atomic mass is 9.95. The number of terminal acetylenes is 1. The van der Waals surface area contributed by atoms with E-state index in [-0.39, 0.29) is 0 Å². The fourth-order valence-electron chi connectivity index (χ4n) is 3.38. The predicted octanol–water partition coefficient (Wildman–Crippen LogP) is -0.223. The average molecular weight is 580 g/mol. The SMILES string of the molecule is C#CC1(F)[C@@H](O)[C@@H]([C@@H](C)OP(=O)(O)OP(=O)(O)OP(=O)(O)O)O[C@H]1n1cc(F)c2c(=O)[nH]c(N)nc21. The number of H-pyrrole nitrogens is 1. The molecule has 0 amide bonds. The van der Waals surface area contributed by atoms with Crippen LogP contribution >= 0.6 is 23.5 Å². The summed E-state index contributed by atoms with van der Waals surface area (Å²) in [6.07, 6.45) is -2.55. The van der Waals surface area contributed by atoms with E-state index in [1.165, 1.54) is 0 Å². The van der Waals surface area contributed by atoms with Crippen molar-refractivity contribution in [3.63, 3.8) is 0 Å². The number of hydrogen-bond donors (Lipinski definition) is 7. The van der Waals surface area contributed by atoms with Crippen LogP contribution in [-0.2, 0) is 31.6 Å². The molecule has 2 aromatic heterocycles. The summed E-state index contributed by atoms with van der Waals surface area (Å²) in [6, 6.07) is 0. The van der Waals surface area contributed by atoms with E-state index in [2.05, 4.69) is 18.1 Å². The van der Waals surface area contributed by atoms with E-state index >= 15 is 4.39 Å². The standard InChI is InChI=1S/C14H17F2N4O13P3/c1-3-14(16)9(21)8(5(2)31-35(26,27)33-36(28,29)32-34(23,24)25)30-12(14)20-4-6(15)7-10(20)18-13(17)19-11(7)22/h1,4-5,8-9,12,21H,2H3,(H,26,27)(H,28,29)(H2,23,24,25)(H3,17,18,19,22)/t5-,8-,9+,12-,14?/m1/s1. The summed E-state index contributed by atoms with van der Waals surface area (Å²) in [5.41, 5.74) is 0.672. The van der Waals surface area contributed by atoms with Crippen molar-refractivity contribution in [2.75, 3.05) is 5.73 Å². The van der Waals surface area contributed by atoms with Crippen molar-refractivity contribution in [3.8, 4) is 12.3 Å². The van der Waals surface area contributed by atoms with Crippen LogP contribution < -0.4 is 11.3 Å². The quantitative estimate of drug-likeness (QED) is 0.157. The van der Waals surface area contributed by atoms with Crippen molar-refractivity contribution in [1.29, 1.82) is 0 Å². The molecule has 0 bridgehead atoms. The van der Waals surface area contributed by atoms with Gasteiger partial charge in [0.25, 0.3) is 5.56 Å². The van der Waals surface area contributed by atoms with Gasteiger partial charge in [-0.15, -0.1) is 6.42 Å². The van der Waals surface area contributed by atoms with Crippen LogP contribution in [0.5, 0.6) is 0 Å². The molecule has 3 unspecified atom stereocenters. The Morgan fingerprint density at radius 2 is 1.92 bits per heavy atom. The molecular weight excluding hydrogens is 563 g/mol. The second-order valence-corrected chi connectivity index (χ2v) is 11.6. The van der Waals surface area contributed by atoms with Gasteiger partial charge in [0.05, 0.1) is 6.10 Å². The highest BCUT2D eigenvalue weighted by Gasteiger charge is 2.60. The molecule has 1 saturated heterocycles. The van der Waals surface area contributed by atoms with Crippen LogP contribution in [0.1, 0.15) is 13.2 Å². The topological polar surface area (TPSA) is 266 Å². The second-order valence-electron chi connectivity index (χ2n) is 7.25. The monoisotopic (exact) mass is 580 g/mol. The first-order chi connectivity index (χ1) is 16.3. The van der Waals surface area contributed by atoms with Crippen LogP contribution in [0, 0.1) is 18.2 Å². The van der Waals surface area contributed by atoms with Crippen LogP contribution in [0.15, 0.2) is 11.0 Å². The van der Waals surface area contributed by atoms with Gasteiger partial charge in [0.15, 0.2) is 17.7 Å². The van der Waals surface area contributed by atoms with Crippen LogP contribution in [-0.4, -0.2) is 63.2 Å². The number of nitrogens with one attached hydrogen (secondary N) is 1. The van der Waals surface area contributed by atoms with Crippen LogP contribution in [0.3, 0.4) is 0 Å². The van der Waals surface area contributed by atoms with Gasteiger partial charge in [-0.1, -0.05) is 5.92 Å². The van der Waals surface area contributed by atoms with E-state index in [0.29, 0.717) is 10.8 Å². The fourth-order valence-corrected chi connectivity index (χ4v) is 6.58. The first kappa shape index (κ1) is 28.5. The van der Waals surface area contributed by atoms with Crippen molar-refractivity contribution < 1.29 is 65.0 Å². The lowest BCUT2D eigenvalue weighted by Gasteiger charge is -2.25. The maximum absolute atomic E-state index is 15.7. The number of anilines is 1. The van der Waals surface area contributed by atoms with Crippen molar-refractivity contribution in [3.05, 3.63) is 22.4 Å². The zero-order valence-corrected chi connectivity index (χ0v) is 20.2. The predicted molar refractivity (Wildman–Crippen MR) is 112 cm³/mol. The number of aliphatic hydroxyl groups excluding tert-OH is 1. The Kier molecular flexibility index (Phi) is 7.43. The Labute approximate surface area is 198 Å². The average Bonchev–Trinajstić information content (AvgIpc) is 3.13. The molecule has 0 saturated carbocycles. The number of phosphoric ester groups is 1. The third-order valence-corrected chi connectivity index (χ3v) is 8.62. The number of aromatic amines is 1. The van der Waals surface area contributed by atoms with Crippen molar-refractivity contribution in [1.82, 2.24) is 14.5 Å². The number of nitrogens with two attached hydrogens (primary N) is 1. The third-order valence-electron chi connectivity index (χ3n) is 4.69. The van der Waals surface area contributed by atoms with Crippen LogP contribution in [0.4, 0.5) is 14.7 Å². The van der Waals surface area contributed by atoms with Crippen LogP contribution in [0.2, 0.25) is 0 Å². The molecule has 22 heteroatoms. The fraction of sp³-hybridized carbons (Fsp3) is 0.429. The zero-order valence-electron chi connectivity index (χ0n) is 17.5. The summed E-state index contributed by atoms with van der Waals surface area (Å²) in [5, 5.41) is 9.83. The molecule has 0 aromatic carbocycles. The summed E-state index contributed by atoms with van der Waals surface area (Å²) in [6.45, 7) is 0.890. The first-order valence-corrected chi connectivity index (χ1v) is 13.7. The Bertz CT molecular complexity index is 1440. The number of aromatic nitrogens is 3. The number of phosphoric acid groups is 3. The highest BCUT2D eigenvalue weighted by molar-refractivity contribution is 7.66. The number of alkyl halides is 1. The summed E-state index contributed by atoms with van der Waals surface area (Å²) < 4.78 is 82.0. The van der Waals surface area contributed by atoms with Gasteiger partial charge in [0, 0.05) is 6.20 Å². The summed E-state index contributed by atoms with van der Waals surface area (Å²) in [4.78, 5) is 53.8. The number of rotatable bonds is 8. The maximum atomic E-state index is 15.7. The van der Waals surface area contributed by atoms with Gasteiger partial charge >= 0.3 is 23.5 Å². The smallest absolute Gasteiger partial charge is 0.386 e. The number of ether oxygens (including phenoxy) is 1. The molecule has 3 heterocycles. The molecule has 0 spiro atoms. The van der Waals surface area contributed by atoms with E-state index < -0.39 is 82.0 Å². The normalized spacial score (nSPS) is 28.9. The molecule has 0 radical (unpaired) electrons. The number of nitrogen functional groups attached to an aromatic ring is 1. The van der Waals surface area contributed by atoms with E-state index in [0.717, 1.165) is 6.92 Å². The number of aliphatic hydroxyl groups is 1. The summed E-state index contributed by atoms with van der Waals surface area (Å²) in [7, 11) is -17.2. The van der Waals surface area contributed by atoms with Crippen molar-refractivity contribution in [2.45, 2.75) is 37.1 Å². The van der Waals surface area contributed by atoms with Gasteiger partial charge < -0.3 is 35.2 Å². The molecule has 200 valence electrons. The first-order valence-electron chi connectivity index (χ1n) is 9.18. The van der Waals surface area contributed by atoms with Gasteiger partial charge in [0.1, 0.15) is 17.6 Å². The number of halogens is 2. The van der Waals surface area contributed by atoms with Gasteiger partial charge in [0.2, 0.25) is 11.6 Å². The molecule has 8 N–H and O–H groups in total. The number of fused-ring (bicyclic) bond motifs is 1. The van der Waals surface area contributed by atoms with Crippen LogP contribution in [0.25, 0.3) is 11.0 Å². The Hall–Kier alpha value is -2.03. The molecule has 7 atom stereocenters. The molecule has 36 heavy (non-hydrogen) atoms. The minimum absolute atomic E-state index is 0.492. The lowest BCUT2D eigenvalue weighted by molar-refractivity contribution is -0.0753. The van der Waals surface area contributed by atoms with E-state index in [9.17, 15) is 37.8 Å². The zero-order chi connectivity index (χ0) is 27.4. The van der Waals surface area contributed by atoms with E-state index in [1.54, 1.807) is 5.92 Å². The van der Waals surface area contributed by atoms with E-state index in [1.807, 2.05) is 4.98 Å². The third kappa shape index (κ3) is 5.60. The molecule has 3 rings (SSSR count). The maximum Gasteiger partial charge on any atom is 0.490 e. The molecule has 2 aromatic rings. The molecule has 1 fully saturated rings. The molecule has 17 nitrogen and oxygen atoms in total. The minimum Gasteiger partial charge on any atom is -0.386 e. The Morgan fingerprint density at radius 3 is 2.47 bits per heavy atom. The number of hydrogen-bond acceptors (Lipinski definition) is 11. The highest BCUT2D eigenvalue weighted by Crippen LogP contribution is 2.66. The number of nitrogens with zero attached hydrogens (tertiary/aromatic N) is 2. The van der Waals surface area contributed by atoms with Gasteiger partial charge in [-0.25, -0.2) is 22.5 Å². The lowest BCUT2D eigenvalue weighted by Crippen LogP contribution is -2.44. The van der Waals surface area contributed by atoms with Crippen molar-refractivity contribution in [2.24, 2.45) is 0 Å². The largest absolute Gasteiger partial charge is 0.490 e. The molecule has 1 aliphatic heterocycles.